The number of benzene rings is 3. The van der Waals surface area contributed by atoms with Crippen molar-refractivity contribution >= 4 is 17.7 Å². The van der Waals surface area contributed by atoms with Gasteiger partial charge in [0.05, 0.1) is 25.0 Å². The number of nitrogens with one attached hydrogen (secondary N) is 2. The van der Waals surface area contributed by atoms with Crippen LogP contribution in [0.3, 0.4) is 0 Å². The number of pyridine rings is 1. The third-order valence-corrected chi connectivity index (χ3v) is 7.34. The molecule has 0 radical (unpaired) electrons. The number of rotatable bonds is 12. The molecule has 0 unspecified atom stereocenters. The molecule has 4 aromatic rings. The number of methoxy groups -OCH3 is 1. The molecule has 1 aliphatic heterocycles. The van der Waals surface area contributed by atoms with Crippen molar-refractivity contribution in [2.45, 2.75) is 33.1 Å². The Kier molecular flexibility index (Phi) is 9.64. The third-order valence-electron chi connectivity index (χ3n) is 7.34. The van der Waals surface area contributed by atoms with Crippen LogP contribution in [0.1, 0.15) is 43.5 Å². The molecule has 0 bridgehead atoms. The van der Waals surface area contributed by atoms with E-state index in [1.54, 1.807) is 24.3 Å². The summed E-state index contributed by atoms with van der Waals surface area (Å²) in [6.45, 7) is 5.48. The molecule has 1 aromatic heterocycles. The smallest absolute Gasteiger partial charge is 0.337 e. The summed E-state index contributed by atoms with van der Waals surface area (Å²) in [5, 5.41) is 5.71. The number of ether oxygens (including phenoxy) is 4. The predicted molar refractivity (Wildman–Crippen MR) is 169 cm³/mol. The zero-order valence-corrected chi connectivity index (χ0v) is 25.2. The van der Waals surface area contributed by atoms with Crippen LogP contribution in [0.15, 0.2) is 84.9 Å². The van der Waals surface area contributed by atoms with Gasteiger partial charge >= 0.3 is 12.0 Å². The lowest BCUT2D eigenvalue weighted by atomic mass is 9.87. The van der Waals surface area contributed by atoms with Crippen molar-refractivity contribution in [2.75, 3.05) is 32.4 Å². The van der Waals surface area contributed by atoms with Gasteiger partial charge in [-0.1, -0.05) is 56.3 Å². The zero-order valence-electron chi connectivity index (χ0n) is 25.2. The molecule has 0 saturated heterocycles. The van der Waals surface area contributed by atoms with Crippen LogP contribution in [0, 0.1) is 5.41 Å². The molecule has 9 nitrogen and oxygen atoms in total. The Morgan fingerprint density at radius 3 is 2.50 bits per heavy atom. The predicted octanol–water partition coefficient (Wildman–Crippen LogP) is 7.33. The molecule has 3 aromatic carbocycles. The van der Waals surface area contributed by atoms with E-state index in [-0.39, 0.29) is 18.2 Å². The number of aromatic nitrogens is 1. The quantitative estimate of drug-likeness (QED) is 0.130. The van der Waals surface area contributed by atoms with Gasteiger partial charge in [0.15, 0.2) is 11.5 Å². The van der Waals surface area contributed by atoms with Gasteiger partial charge in [-0.25, -0.2) is 14.6 Å². The average Bonchev–Trinajstić information content (AvgIpc) is 3.52. The second kappa shape index (κ2) is 13.9. The van der Waals surface area contributed by atoms with Crippen molar-refractivity contribution < 1.29 is 28.5 Å². The Morgan fingerprint density at radius 1 is 0.864 bits per heavy atom. The summed E-state index contributed by atoms with van der Waals surface area (Å²) in [7, 11) is 1.32. The van der Waals surface area contributed by atoms with E-state index < -0.39 is 5.97 Å². The summed E-state index contributed by atoms with van der Waals surface area (Å²) in [5.41, 5.74) is 4.59. The van der Waals surface area contributed by atoms with Crippen LogP contribution in [0.25, 0.3) is 22.4 Å². The van der Waals surface area contributed by atoms with Crippen LogP contribution >= 0.6 is 0 Å². The fraction of sp³-hybridized carbons (Fsp3) is 0.286. The molecule has 2 N–H and O–H groups in total. The molecule has 0 fully saturated rings. The van der Waals surface area contributed by atoms with Crippen LogP contribution in [-0.4, -0.2) is 44.0 Å². The van der Waals surface area contributed by atoms with Gasteiger partial charge in [-0.3, -0.25) is 0 Å². The van der Waals surface area contributed by atoms with Crippen molar-refractivity contribution in [3.8, 4) is 39.8 Å². The highest BCUT2D eigenvalue weighted by atomic mass is 16.7. The first-order valence-electron chi connectivity index (χ1n) is 14.6. The number of hydrogen-bond donors (Lipinski definition) is 2. The summed E-state index contributed by atoms with van der Waals surface area (Å²) >= 11 is 0. The topological polar surface area (TPSA) is 108 Å². The third kappa shape index (κ3) is 8.06. The number of unbranched alkanes of at least 4 members (excludes halogenated alkanes) is 1. The average molecular weight is 596 g/mol. The Labute approximate surface area is 257 Å². The van der Waals surface area contributed by atoms with Crippen LogP contribution in [0.2, 0.25) is 0 Å². The number of fused-ring (bicyclic) bond motifs is 1. The van der Waals surface area contributed by atoms with E-state index >= 15 is 0 Å². The molecule has 44 heavy (non-hydrogen) atoms. The summed E-state index contributed by atoms with van der Waals surface area (Å²) < 4.78 is 22.0. The largest absolute Gasteiger partial charge is 0.478 e. The maximum absolute atomic E-state index is 12.5. The highest BCUT2D eigenvalue weighted by Crippen LogP contribution is 2.37. The van der Waals surface area contributed by atoms with Gasteiger partial charge in [-0.15, -0.1) is 0 Å². The van der Waals surface area contributed by atoms with E-state index in [9.17, 15) is 9.59 Å². The van der Waals surface area contributed by atoms with E-state index in [1.807, 2.05) is 54.6 Å². The van der Waals surface area contributed by atoms with Gasteiger partial charge in [0.25, 0.3) is 0 Å². The highest BCUT2D eigenvalue weighted by molar-refractivity contribution is 5.93. The maximum Gasteiger partial charge on any atom is 0.337 e. The molecule has 0 atom stereocenters. The van der Waals surface area contributed by atoms with Crippen LogP contribution in [0.4, 0.5) is 10.5 Å². The summed E-state index contributed by atoms with van der Waals surface area (Å²) in [5.74, 6) is 1.58. The minimum atomic E-state index is -0.455. The summed E-state index contributed by atoms with van der Waals surface area (Å²) in [4.78, 5) is 29.0. The second-order valence-corrected chi connectivity index (χ2v) is 11.4. The van der Waals surface area contributed by atoms with E-state index in [4.69, 9.17) is 23.9 Å². The number of carbonyl (C=O) groups excluding carboxylic acids is 2. The molecule has 0 aliphatic carbocycles. The normalized spacial score (nSPS) is 12.0. The Morgan fingerprint density at radius 2 is 1.68 bits per heavy atom. The Hall–Kier alpha value is -5.05. The number of nitrogens with zero attached hydrogens (tertiary/aromatic N) is 1. The molecule has 5 rings (SSSR count). The zero-order chi connectivity index (χ0) is 30.9. The summed E-state index contributed by atoms with van der Waals surface area (Å²) in [6, 6.07) is 26.3. The van der Waals surface area contributed by atoms with Crippen LogP contribution in [-0.2, 0) is 4.74 Å². The molecule has 228 valence electrons. The lowest BCUT2D eigenvalue weighted by Crippen LogP contribution is -2.36. The molecule has 0 saturated carbocycles. The molecule has 9 heteroatoms. The lowest BCUT2D eigenvalue weighted by molar-refractivity contribution is 0.0600. The first kappa shape index (κ1) is 30.4. The minimum absolute atomic E-state index is 0.122. The monoisotopic (exact) mass is 595 g/mol. The lowest BCUT2D eigenvalue weighted by Gasteiger charge is -2.25. The fourth-order valence-electron chi connectivity index (χ4n) is 4.89. The van der Waals surface area contributed by atoms with Crippen LogP contribution < -0.4 is 24.8 Å². The maximum atomic E-state index is 12.5. The first-order chi connectivity index (χ1) is 21.3. The van der Waals surface area contributed by atoms with Gasteiger partial charge in [-0.2, -0.15) is 0 Å². The van der Waals surface area contributed by atoms with Gasteiger partial charge in [0.1, 0.15) is 0 Å². The number of anilines is 1. The fourth-order valence-corrected chi connectivity index (χ4v) is 4.89. The number of carbonyl (C=O) groups is 2. The minimum Gasteiger partial charge on any atom is -0.478 e. The number of amides is 2. The molecule has 1 aliphatic rings. The van der Waals surface area contributed by atoms with E-state index in [2.05, 4.69) is 30.5 Å². The van der Waals surface area contributed by atoms with E-state index in [0.29, 0.717) is 30.3 Å². The molecule has 2 amide bonds. The van der Waals surface area contributed by atoms with Gasteiger partial charge in [0, 0.05) is 23.9 Å². The molecular formula is C35H37N3O6. The number of hydrogen-bond acceptors (Lipinski definition) is 7. The van der Waals surface area contributed by atoms with Gasteiger partial charge < -0.3 is 29.6 Å². The van der Waals surface area contributed by atoms with E-state index in [1.165, 1.54) is 7.11 Å². The molecule has 2 heterocycles. The summed E-state index contributed by atoms with van der Waals surface area (Å²) in [6.07, 6.45) is 2.66. The Bertz CT molecular complexity index is 1610. The van der Waals surface area contributed by atoms with Gasteiger partial charge in [-0.05, 0) is 72.2 Å². The molecular weight excluding hydrogens is 558 g/mol. The van der Waals surface area contributed by atoms with Crippen molar-refractivity contribution in [3.05, 3.63) is 90.5 Å². The van der Waals surface area contributed by atoms with Crippen molar-refractivity contribution in [1.29, 1.82) is 0 Å². The Balaban J connectivity index is 1.13. The van der Waals surface area contributed by atoms with Crippen molar-refractivity contribution in [1.82, 2.24) is 10.3 Å². The van der Waals surface area contributed by atoms with E-state index in [0.717, 1.165) is 53.1 Å². The second-order valence-electron chi connectivity index (χ2n) is 11.4. The van der Waals surface area contributed by atoms with Gasteiger partial charge in [0.2, 0.25) is 12.7 Å². The number of urea groups is 1. The van der Waals surface area contributed by atoms with Crippen molar-refractivity contribution in [3.63, 3.8) is 0 Å². The van der Waals surface area contributed by atoms with Crippen molar-refractivity contribution in [2.24, 2.45) is 5.41 Å². The standard InChI is InChI=1S/C35H37N3O6/c1-35(2,22-36-34(40)37-28-13-9-12-26(18-28)33(39)41-3)16-7-8-17-42-32-21-27(19-29(38-32)24-10-5-4-6-11-24)25-14-15-30-31(20-25)44-23-43-30/h4-6,9-15,18-21H,7-8,16-17,22-23H2,1-3H3,(H2,36,37,40). The molecule has 0 spiro atoms. The first-order valence-corrected chi connectivity index (χ1v) is 14.6. The highest BCUT2D eigenvalue weighted by Gasteiger charge is 2.19. The van der Waals surface area contributed by atoms with Crippen LogP contribution in [0.5, 0.6) is 17.4 Å². The SMILES string of the molecule is COC(=O)c1cccc(NC(=O)NCC(C)(C)CCCCOc2cc(-c3ccc4c(c3)OCO4)cc(-c3ccccc3)n2)c1. The number of esters is 1.